The number of hydrogen-bond donors (Lipinski definition) is 1. The lowest BCUT2D eigenvalue weighted by Gasteiger charge is -2.12. The van der Waals surface area contributed by atoms with Gasteiger partial charge in [0.1, 0.15) is 17.4 Å². The SMILES string of the molecule is COC[C@H](C)NC(=O)/C(C#N)=C/c1ccc(OC)c(SC)c1. The van der Waals surface area contributed by atoms with Gasteiger partial charge < -0.3 is 14.8 Å². The number of methoxy groups -OCH3 is 2. The third kappa shape index (κ3) is 5.10. The van der Waals surface area contributed by atoms with E-state index in [9.17, 15) is 10.1 Å². The molecule has 0 unspecified atom stereocenters. The van der Waals surface area contributed by atoms with Gasteiger partial charge in [0.25, 0.3) is 5.91 Å². The average Bonchev–Trinajstić information content (AvgIpc) is 2.52. The Labute approximate surface area is 135 Å². The van der Waals surface area contributed by atoms with E-state index in [1.807, 2.05) is 37.4 Å². The van der Waals surface area contributed by atoms with Crippen LogP contribution >= 0.6 is 11.8 Å². The highest BCUT2D eigenvalue weighted by Gasteiger charge is 2.12. The van der Waals surface area contributed by atoms with Crippen molar-refractivity contribution in [2.75, 3.05) is 27.1 Å². The molecule has 0 fully saturated rings. The molecule has 1 aromatic rings. The zero-order valence-electron chi connectivity index (χ0n) is 13.2. The maximum atomic E-state index is 12.1. The van der Waals surface area contributed by atoms with Gasteiger partial charge in [-0.1, -0.05) is 6.07 Å². The van der Waals surface area contributed by atoms with E-state index in [2.05, 4.69) is 5.32 Å². The van der Waals surface area contributed by atoms with Crippen molar-refractivity contribution in [3.05, 3.63) is 29.3 Å². The zero-order chi connectivity index (χ0) is 16.5. The van der Waals surface area contributed by atoms with Crippen LogP contribution in [0.25, 0.3) is 6.08 Å². The van der Waals surface area contributed by atoms with Gasteiger partial charge in [0.05, 0.1) is 13.7 Å². The molecule has 0 spiro atoms. The smallest absolute Gasteiger partial charge is 0.262 e. The number of benzene rings is 1. The van der Waals surface area contributed by atoms with Crippen LogP contribution in [0.15, 0.2) is 28.7 Å². The van der Waals surface area contributed by atoms with Crippen LogP contribution in [0.2, 0.25) is 0 Å². The molecule has 0 aliphatic carbocycles. The number of carbonyl (C=O) groups is 1. The van der Waals surface area contributed by atoms with Crippen molar-refractivity contribution >= 4 is 23.7 Å². The Hall–Kier alpha value is -1.97. The summed E-state index contributed by atoms with van der Waals surface area (Å²) in [6.45, 7) is 2.21. The summed E-state index contributed by atoms with van der Waals surface area (Å²) >= 11 is 1.54. The lowest BCUT2D eigenvalue weighted by molar-refractivity contribution is -0.117. The maximum absolute atomic E-state index is 12.1. The number of hydrogen-bond acceptors (Lipinski definition) is 5. The van der Waals surface area contributed by atoms with Crippen LogP contribution < -0.4 is 10.1 Å². The largest absolute Gasteiger partial charge is 0.496 e. The number of thioether (sulfide) groups is 1. The van der Waals surface area contributed by atoms with Crippen LogP contribution in [-0.2, 0) is 9.53 Å². The van der Waals surface area contributed by atoms with Gasteiger partial charge in [-0.2, -0.15) is 5.26 Å². The molecule has 0 bridgehead atoms. The molecule has 118 valence electrons. The number of amides is 1. The molecular formula is C16H20N2O3S. The van der Waals surface area contributed by atoms with Gasteiger partial charge in [-0.25, -0.2) is 0 Å². The van der Waals surface area contributed by atoms with Crippen molar-refractivity contribution in [3.8, 4) is 11.8 Å². The predicted molar refractivity (Wildman–Crippen MR) is 87.8 cm³/mol. The summed E-state index contributed by atoms with van der Waals surface area (Å²) in [5.41, 5.74) is 0.830. The molecular weight excluding hydrogens is 300 g/mol. The topological polar surface area (TPSA) is 71.3 Å². The summed E-state index contributed by atoms with van der Waals surface area (Å²) in [6, 6.07) is 7.28. The average molecular weight is 320 g/mol. The monoisotopic (exact) mass is 320 g/mol. The fraction of sp³-hybridized carbons (Fsp3) is 0.375. The van der Waals surface area contributed by atoms with Crippen LogP contribution in [0.4, 0.5) is 0 Å². The molecule has 1 atom stereocenters. The van der Waals surface area contributed by atoms with E-state index in [1.165, 1.54) is 0 Å². The van der Waals surface area contributed by atoms with Gasteiger partial charge in [-0.3, -0.25) is 4.79 Å². The molecule has 6 heteroatoms. The van der Waals surface area contributed by atoms with Crippen molar-refractivity contribution in [1.82, 2.24) is 5.32 Å². The second-order valence-corrected chi connectivity index (χ2v) is 5.46. The summed E-state index contributed by atoms with van der Waals surface area (Å²) in [7, 11) is 3.17. The highest BCUT2D eigenvalue weighted by molar-refractivity contribution is 7.98. The molecule has 0 aliphatic heterocycles. The first-order valence-corrected chi connectivity index (χ1v) is 7.91. The van der Waals surface area contributed by atoms with Crippen LogP contribution in [0.1, 0.15) is 12.5 Å². The Balaban J connectivity index is 2.97. The van der Waals surface area contributed by atoms with E-state index in [-0.39, 0.29) is 11.6 Å². The number of nitrogens with zero attached hydrogens (tertiary/aromatic N) is 1. The molecule has 5 nitrogen and oxygen atoms in total. The van der Waals surface area contributed by atoms with Gasteiger partial charge in [0, 0.05) is 18.0 Å². The van der Waals surface area contributed by atoms with E-state index >= 15 is 0 Å². The normalized spacial score (nSPS) is 12.4. The van der Waals surface area contributed by atoms with Gasteiger partial charge in [0.15, 0.2) is 0 Å². The second kappa shape index (κ2) is 9.13. The molecule has 0 aromatic heterocycles. The molecule has 0 radical (unpaired) electrons. The van der Waals surface area contributed by atoms with E-state index in [4.69, 9.17) is 9.47 Å². The Morgan fingerprint density at radius 1 is 1.50 bits per heavy atom. The fourth-order valence-corrected chi connectivity index (χ4v) is 2.46. The summed E-state index contributed by atoms with van der Waals surface area (Å²) in [4.78, 5) is 13.0. The molecule has 0 saturated heterocycles. The number of ether oxygens (including phenoxy) is 2. The molecule has 1 aromatic carbocycles. The quantitative estimate of drug-likeness (QED) is 0.475. The van der Waals surface area contributed by atoms with E-state index in [0.717, 1.165) is 16.2 Å². The van der Waals surface area contributed by atoms with Crippen LogP contribution in [-0.4, -0.2) is 39.0 Å². The van der Waals surface area contributed by atoms with E-state index in [1.54, 1.807) is 32.1 Å². The maximum Gasteiger partial charge on any atom is 0.262 e. The van der Waals surface area contributed by atoms with E-state index < -0.39 is 5.91 Å². The van der Waals surface area contributed by atoms with Crippen molar-refractivity contribution in [2.24, 2.45) is 0 Å². The van der Waals surface area contributed by atoms with Gasteiger partial charge in [-0.05, 0) is 37.0 Å². The zero-order valence-corrected chi connectivity index (χ0v) is 14.0. The molecule has 0 heterocycles. The van der Waals surface area contributed by atoms with Gasteiger partial charge >= 0.3 is 0 Å². The Morgan fingerprint density at radius 2 is 2.23 bits per heavy atom. The minimum Gasteiger partial charge on any atom is -0.496 e. The van der Waals surface area contributed by atoms with Gasteiger partial charge in [0.2, 0.25) is 0 Å². The summed E-state index contributed by atoms with van der Waals surface area (Å²) in [5.74, 6) is 0.356. The predicted octanol–water partition coefficient (Wildman–Crippen LogP) is 2.48. The fourth-order valence-electron chi connectivity index (χ4n) is 1.85. The third-order valence-electron chi connectivity index (χ3n) is 2.88. The highest BCUT2D eigenvalue weighted by atomic mass is 32.2. The Morgan fingerprint density at radius 3 is 2.77 bits per heavy atom. The molecule has 0 saturated carbocycles. The van der Waals surface area contributed by atoms with Crippen LogP contribution in [0, 0.1) is 11.3 Å². The minimum atomic E-state index is -0.409. The van der Waals surface area contributed by atoms with Crippen molar-refractivity contribution in [2.45, 2.75) is 17.9 Å². The van der Waals surface area contributed by atoms with Crippen LogP contribution in [0.5, 0.6) is 5.75 Å². The Bertz CT molecular complexity index is 594. The number of carbonyl (C=O) groups excluding carboxylic acids is 1. The number of nitrogens with one attached hydrogen (secondary N) is 1. The first-order valence-electron chi connectivity index (χ1n) is 6.69. The van der Waals surface area contributed by atoms with Crippen molar-refractivity contribution in [1.29, 1.82) is 5.26 Å². The van der Waals surface area contributed by atoms with E-state index in [0.29, 0.717) is 6.61 Å². The summed E-state index contributed by atoms with van der Waals surface area (Å²) in [5, 5.41) is 11.9. The number of nitriles is 1. The molecule has 0 aliphatic rings. The lowest BCUT2D eigenvalue weighted by Crippen LogP contribution is -2.36. The Kier molecular flexibility index (Phi) is 7.50. The molecule has 22 heavy (non-hydrogen) atoms. The number of rotatable bonds is 7. The first-order chi connectivity index (χ1) is 10.5. The van der Waals surface area contributed by atoms with Crippen molar-refractivity contribution in [3.63, 3.8) is 0 Å². The highest BCUT2D eigenvalue weighted by Crippen LogP contribution is 2.29. The van der Waals surface area contributed by atoms with Gasteiger partial charge in [-0.15, -0.1) is 11.8 Å². The summed E-state index contributed by atoms with van der Waals surface area (Å²) < 4.78 is 10.2. The lowest BCUT2D eigenvalue weighted by atomic mass is 10.1. The third-order valence-corrected chi connectivity index (χ3v) is 3.64. The molecule has 1 rings (SSSR count). The minimum absolute atomic E-state index is 0.0557. The van der Waals surface area contributed by atoms with Crippen LogP contribution in [0.3, 0.4) is 0 Å². The standard InChI is InChI=1S/C16H20N2O3S/c1-11(10-20-2)18-16(19)13(9-17)7-12-5-6-14(21-3)15(8-12)22-4/h5-8,11H,10H2,1-4H3,(H,18,19)/b13-7+/t11-/m0/s1. The molecule has 1 amide bonds. The van der Waals surface area contributed by atoms with Crippen molar-refractivity contribution < 1.29 is 14.3 Å². The second-order valence-electron chi connectivity index (χ2n) is 4.61. The summed E-state index contributed by atoms with van der Waals surface area (Å²) in [6.07, 6.45) is 3.50. The molecule has 1 N–H and O–H groups in total. The first kappa shape index (κ1) is 18.1.